The first-order valence-electron chi connectivity index (χ1n) is 7.40. The van der Waals surface area contributed by atoms with Gasteiger partial charge >= 0.3 is 5.97 Å². The summed E-state index contributed by atoms with van der Waals surface area (Å²) in [5.41, 5.74) is 2.72. The number of hydrogen-bond acceptors (Lipinski definition) is 4. The Kier molecular flexibility index (Phi) is 5.16. The number of rotatable bonds is 6. The van der Waals surface area contributed by atoms with E-state index >= 15 is 0 Å². The summed E-state index contributed by atoms with van der Waals surface area (Å²) in [5, 5.41) is 15.7. The Balaban J connectivity index is 1.94. The van der Waals surface area contributed by atoms with Gasteiger partial charge in [0.2, 0.25) is 5.91 Å². The Labute approximate surface area is 134 Å². The first-order chi connectivity index (χ1) is 10.9. The maximum Gasteiger partial charge on any atom is 0.335 e. The van der Waals surface area contributed by atoms with Crippen LogP contribution >= 0.6 is 0 Å². The van der Waals surface area contributed by atoms with E-state index in [0.717, 1.165) is 22.6 Å². The summed E-state index contributed by atoms with van der Waals surface area (Å²) in [7, 11) is 0. The van der Waals surface area contributed by atoms with Crippen molar-refractivity contribution in [3.8, 4) is 0 Å². The van der Waals surface area contributed by atoms with Crippen LogP contribution in [0.25, 0.3) is 0 Å². The van der Waals surface area contributed by atoms with Crippen molar-refractivity contribution in [1.29, 1.82) is 0 Å². The van der Waals surface area contributed by atoms with E-state index in [0.29, 0.717) is 13.0 Å². The number of benzene rings is 1. The molecule has 0 aliphatic carbocycles. The molecule has 6 heteroatoms. The van der Waals surface area contributed by atoms with Crippen LogP contribution in [0.4, 0.5) is 0 Å². The molecule has 2 aromatic rings. The number of carboxylic acid groups (broad SMARTS) is 1. The molecule has 2 N–H and O–H groups in total. The van der Waals surface area contributed by atoms with Gasteiger partial charge in [-0.05, 0) is 38.0 Å². The Hall–Kier alpha value is -2.63. The number of carbonyl (C=O) groups excluding carboxylic acids is 1. The molecule has 0 aliphatic rings. The number of aromatic nitrogens is 1. The largest absolute Gasteiger partial charge is 0.478 e. The normalized spacial score (nSPS) is 12.0. The number of carbonyl (C=O) groups is 2. The van der Waals surface area contributed by atoms with E-state index in [1.54, 1.807) is 18.2 Å². The number of amides is 1. The molecule has 23 heavy (non-hydrogen) atoms. The van der Waals surface area contributed by atoms with E-state index in [4.69, 9.17) is 9.63 Å². The summed E-state index contributed by atoms with van der Waals surface area (Å²) in [5.74, 6) is -0.568. The summed E-state index contributed by atoms with van der Waals surface area (Å²) < 4.78 is 5.10. The van der Waals surface area contributed by atoms with Crippen molar-refractivity contribution in [2.75, 3.05) is 0 Å². The zero-order chi connectivity index (χ0) is 17.0. The van der Waals surface area contributed by atoms with Crippen molar-refractivity contribution in [3.05, 3.63) is 52.4 Å². The van der Waals surface area contributed by atoms with Crippen LogP contribution in [0.2, 0.25) is 0 Å². The van der Waals surface area contributed by atoms with Crippen molar-refractivity contribution in [3.63, 3.8) is 0 Å². The molecule has 1 heterocycles. The van der Waals surface area contributed by atoms with Crippen molar-refractivity contribution in [1.82, 2.24) is 10.5 Å². The molecule has 2 rings (SSSR count). The number of carboxylic acids is 1. The van der Waals surface area contributed by atoms with Crippen molar-refractivity contribution in [2.45, 2.75) is 33.7 Å². The molecule has 0 bridgehead atoms. The predicted molar refractivity (Wildman–Crippen MR) is 84.1 cm³/mol. The SMILES string of the molecule is Cc1noc(C)c1C[C@H](C)C(=O)NCc1cccc(C(=O)O)c1. The summed E-state index contributed by atoms with van der Waals surface area (Å²) >= 11 is 0. The molecule has 0 fully saturated rings. The molecule has 1 amide bonds. The van der Waals surface area contributed by atoms with Gasteiger partial charge in [-0.25, -0.2) is 4.79 Å². The van der Waals surface area contributed by atoms with Gasteiger partial charge in [-0.2, -0.15) is 0 Å². The van der Waals surface area contributed by atoms with Crippen LogP contribution in [0.15, 0.2) is 28.8 Å². The number of nitrogens with zero attached hydrogens (tertiary/aromatic N) is 1. The van der Waals surface area contributed by atoms with Crippen LogP contribution < -0.4 is 5.32 Å². The molecule has 1 atom stereocenters. The molecule has 0 spiro atoms. The van der Waals surface area contributed by atoms with Crippen LogP contribution in [-0.2, 0) is 17.8 Å². The molecular weight excluding hydrogens is 296 g/mol. The Morgan fingerprint density at radius 3 is 2.70 bits per heavy atom. The maximum absolute atomic E-state index is 12.2. The first kappa shape index (κ1) is 16.7. The fraction of sp³-hybridized carbons (Fsp3) is 0.353. The monoisotopic (exact) mass is 316 g/mol. The molecule has 6 nitrogen and oxygen atoms in total. The molecular formula is C17H20N2O4. The lowest BCUT2D eigenvalue weighted by atomic mass is 9.99. The zero-order valence-electron chi connectivity index (χ0n) is 13.4. The highest BCUT2D eigenvalue weighted by atomic mass is 16.5. The van der Waals surface area contributed by atoms with Gasteiger partial charge in [-0.1, -0.05) is 24.2 Å². The van der Waals surface area contributed by atoms with Crippen LogP contribution in [0.5, 0.6) is 0 Å². The van der Waals surface area contributed by atoms with Crippen molar-refractivity contribution in [2.24, 2.45) is 5.92 Å². The minimum atomic E-state index is -0.982. The highest BCUT2D eigenvalue weighted by molar-refractivity contribution is 5.87. The molecule has 0 saturated heterocycles. The maximum atomic E-state index is 12.2. The lowest BCUT2D eigenvalue weighted by Gasteiger charge is -2.12. The van der Waals surface area contributed by atoms with Crippen molar-refractivity contribution >= 4 is 11.9 Å². The number of aryl methyl sites for hydroxylation is 2. The van der Waals surface area contributed by atoms with Gasteiger partial charge in [0.15, 0.2) is 0 Å². The van der Waals surface area contributed by atoms with Crippen LogP contribution in [-0.4, -0.2) is 22.1 Å². The second-order valence-corrected chi connectivity index (χ2v) is 5.63. The minimum Gasteiger partial charge on any atom is -0.478 e. The molecule has 0 aliphatic heterocycles. The van der Waals surface area contributed by atoms with E-state index in [9.17, 15) is 9.59 Å². The quantitative estimate of drug-likeness (QED) is 0.854. The average molecular weight is 316 g/mol. The zero-order valence-corrected chi connectivity index (χ0v) is 13.4. The highest BCUT2D eigenvalue weighted by Crippen LogP contribution is 2.17. The second kappa shape index (κ2) is 7.09. The smallest absolute Gasteiger partial charge is 0.335 e. The van der Waals surface area contributed by atoms with Gasteiger partial charge in [0.1, 0.15) is 5.76 Å². The third-order valence-electron chi connectivity index (χ3n) is 3.78. The topological polar surface area (TPSA) is 92.4 Å². The summed E-state index contributed by atoms with van der Waals surface area (Å²) in [6, 6.07) is 6.53. The fourth-order valence-electron chi connectivity index (χ4n) is 2.37. The molecule has 0 unspecified atom stereocenters. The second-order valence-electron chi connectivity index (χ2n) is 5.63. The number of hydrogen-bond donors (Lipinski definition) is 2. The van der Waals surface area contributed by atoms with Crippen LogP contribution in [0, 0.1) is 19.8 Å². The standard InChI is InChI=1S/C17H20N2O4/c1-10(7-15-11(2)19-23-12(15)3)16(20)18-9-13-5-4-6-14(8-13)17(21)22/h4-6,8,10H,7,9H2,1-3H3,(H,18,20)(H,21,22)/t10-/m0/s1. The predicted octanol–water partition coefficient (Wildman–Crippen LogP) is 2.48. The van der Waals surface area contributed by atoms with E-state index in [1.165, 1.54) is 6.07 Å². The first-order valence-corrected chi connectivity index (χ1v) is 7.40. The Morgan fingerprint density at radius 2 is 2.09 bits per heavy atom. The van der Waals surface area contributed by atoms with E-state index in [1.807, 2.05) is 20.8 Å². The van der Waals surface area contributed by atoms with Crippen LogP contribution in [0.3, 0.4) is 0 Å². The minimum absolute atomic E-state index is 0.0919. The van der Waals surface area contributed by atoms with Gasteiger partial charge in [-0.3, -0.25) is 4.79 Å². The lowest BCUT2D eigenvalue weighted by Crippen LogP contribution is -2.30. The fourth-order valence-corrected chi connectivity index (χ4v) is 2.37. The average Bonchev–Trinajstić information content (AvgIpc) is 2.84. The van der Waals surface area contributed by atoms with E-state index in [-0.39, 0.29) is 17.4 Å². The third-order valence-corrected chi connectivity index (χ3v) is 3.78. The summed E-state index contributed by atoms with van der Waals surface area (Å²) in [6.07, 6.45) is 0.558. The molecule has 1 aromatic carbocycles. The molecule has 1 aromatic heterocycles. The Bertz CT molecular complexity index is 702. The summed E-state index contributed by atoms with van der Waals surface area (Å²) in [4.78, 5) is 23.1. The van der Waals surface area contributed by atoms with E-state index < -0.39 is 5.97 Å². The van der Waals surface area contributed by atoms with Gasteiger partial charge in [-0.15, -0.1) is 0 Å². The number of nitrogens with one attached hydrogen (secondary N) is 1. The molecule has 122 valence electrons. The van der Waals surface area contributed by atoms with Gasteiger partial charge in [0.05, 0.1) is 11.3 Å². The van der Waals surface area contributed by atoms with Crippen LogP contribution in [0.1, 0.15) is 39.9 Å². The molecule has 0 radical (unpaired) electrons. The lowest BCUT2D eigenvalue weighted by molar-refractivity contribution is -0.124. The van der Waals surface area contributed by atoms with E-state index in [2.05, 4.69) is 10.5 Å². The van der Waals surface area contributed by atoms with Gasteiger partial charge in [0, 0.05) is 18.0 Å². The third kappa shape index (κ3) is 4.18. The van der Waals surface area contributed by atoms with Crippen molar-refractivity contribution < 1.29 is 19.2 Å². The molecule has 0 saturated carbocycles. The Morgan fingerprint density at radius 1 is 1.35 bits per heavy atom. The summed E-state index contributed by atoms with van der Waals surface area (Å²) in [6.45, 7) is 5.83. The number of aromatic carboxylic acids is 1. The van der Waals surface area contributed by atoms with Gasteiger partial charge < -0.3 is 14.9 Å². The van der Waals surface area contributed by atoms with Gasteiger partial charge in [0.25, 0.3) is 0 Å². The highest BCUT2D eigenvalue weighted by Gasteiger charge is 2.18.